The molecule has 26 heavy (non-hydrogen) atoms. The fourth-order valence-electron chi connectivity index (χ4n) is 3.18. The van der Waals surface area contributed by atoms with Crippen molar-refractivity contribution in [3.8, 4) is 0 Å². The summed E-state index contributed by atoms with van der Waals surface area (Å²) in [6.07, 6.45) is 3.22. The summed E-state index contributed by atoms with van der Waals surface area (Å²) in [5.41, 5.74) is 6.13. The zero-order valence-electron chi connectivity index (χ0n) is 15.5. The van der Waals surface area contributed by atoms with Crippen LogP contribution in [0.3, 0.4) is 0 Å². The van der Waals surface area contributed by atoms with Gasteiger partial charge < -0.3 is 11.1 Å². The lowest BCUT2D eigenvalue weighted by Crippen LogP contribution is -2.45. The number of halogens is 1. The summed E-state index contributed by atoms with van der Waals surface area (Å²) >= 11 is 0. The first-order valence-electron chi connectivity index (χ1n) is 8.97. The highest BCUT2D eigenvalue weighted by atomic mass is 35.5. The number of hydrogen-bond acceptors (Lipinski definition) is 4. The van der Waals surface area contributed by atoms with Gasteiger partial charge in [0.1, 0.15) is 0 Å². The molecule has 0 radical (unpaired) electrons. The largest absolute Gasteiger partial charge is 0.352 e. The van der Waals surface area contributed by atoms with E-state index in [1.165, 1.54) is 4.31 Å². The normalized spacial score (nSPS) is 15.5. The van der Waals surface area contributed by atoms with Crippen molar-refractivity contribution in [1.29, 1.82) is 0 Å². The second-order valence-corrected chi connectivity index (χ2v) is 8.57. The van der Waals surface area contributed by atoms with Crippen LogP contribution < -0.4 is 11.1 Å². The number of hydrogen-bond donors (Lipinski definition) is 2. The van der Waals surface area contributed by atoms with Crippen LogP contribution in [0.15, 0.2) is 29.2 Å². The van der Waals surface area contributed by atoms with E-state index in [2.05, 4.69) is 5.32 Å². The molecule has 1 aromatic rings. The molecule has 1 heterocycles. The highest BCUT2D eigenvalue weighted by molar-refractivity contribution is 7.89. The molecule has 2 rings (SSSR count). The predicted octanol–water partition coefficient (Wildman–Crippen LogP) is 2.27. The van der Waals surface area contributed by atoms with Crippen LogP contribution in [0.4, 0.5) is 0 Å². The van der Waals surface area contributed by atoms with E-state index in [1.807, 2.05) is 13.8 Å². The highest BCUT2D eigenvalue weighted by Gasteiger charge is 2.33. The van der Waals surface area contributed by atoms with Gasteiger partial charge in [0.25, 0.3) is 0 Å². The van der Waals surface area contributed by atoms with Gasteiger partial charge in [-0.05, 0) is 43.4 Å². The number of nitrogens with two attached hydrogens (primary N) is 1. The van der Waals surface area contributed by atoms with Crippen molar-refractivity contribution >= 4 is 28.3 Å². The van der Waals surface area contributed by atoms with Gasteiger partial charge in [-0.2, -0.15) is 4.31 Å². The lowest BCUT2D eigenvalue weighted by atomic mass is 9.81. The molecule has 1 aromatic carbocycles. The standard InChI is InChI=1S/C18H29N3O3S.ClH/c1-3-18(4-2,14-19)17(22)20-13-15-7-9-16(10-8-15)25(23,24)21-11-5-6-12-21;/h7-10H,3-6,11-14,19H2,1-2H3,(H,20,22);1H. The second kappa shape index (κ2) is 9.69. The van der Waals surface area contributed by atoms with Gasteiger partial charge >= 0.3 is 0 Å². The van der Waals surface area contributed by atoms with E-state index in [0.717, 1.165) is 18.4 Å². The molecule has 0 spiro atoms. The van der Waals surface area contributed by atoms with Gasteiger partial charge in [0.05, 0.1) is 10.3 Å². The molecule has 6 nitrogen and oxygen atoms in total. The van der Waals surface area contributed by atoms with Crippen molar-refractivity contribution in [3.05, 3.63) is 29.8 Å². The number of carbonyl (C=O) groups is 1. The third-order valence-electron chi connectivity index (χ3n) is 5.31. The molecule has 1 aliphatic rings. The molecule has 0 saturated carbocycles. The molecule has 1 fully saturated rings. The fraction of sp³-hybridized carbons (Fsp3) is 0.611. The van der Waals surface area contributed by atoms with Gasteiger partial charge in [-0.15, -0.1) is 12.4 Å². The maximum Gasteiger partial charge on any atom is 0.243 e. The summed E-state index contributed by atoms with van der Waals surface area (Å²) < 4.78 is 26.5. The van der Waals surface area contributed by atoms with Crippen LogP contribution in [0.5, 0.6) is 0 Å². The van der Waals surface area contributed by atoms with Crippen LogP contribution in [-0.2, 0) is 21.4 Å². The minimum absolute atomic E-state index is 0. The van der Waals surface area contributed by atoms with Crippen molar-refractivity contribution in [2.24, 2.45) is 11.1 Å². The maximum atomic E-state index is 12.5. The van der Waals surface area contributed by atoms with Crippen molar-refractivity contribution in [2.75, 3.05) is 19.6 Å². The molecule has 8 heteroatoms. The third kappa shape index (κ3) is 4.76. The Hall–Kier alpha value is -1.15. The Balaban J connectivity index is 0.00000338. The molecule has 0 bridgehead atoms. The first-order valence-corrected chi connectivity index (χ1v) is 10.4. The average molecular weight is 404 g/mol. The van der Waals surface area contributed by atoms with E-state index < -0.39 is 15.4 Å². The number of amides is 1. The van der Waals surface area contributed by atoms with E-state index >= 15 is 0 Å². The minimum Gasteiger partial charge on any atom is -0.352 e. The van der Waals surface area contributed by atoms with E-state index in [1.54, 1.807) is 24.3 Å². The third-order valence-corrected chi connectivity index (χ3v) is 7.22. The number of nitrogens with zero attached hydrogens (tertiary/aromatic N) is 1. The summed E-state index contributed by atoms with van der Waals surface area (Å²) in [6, 6.07) is 6.74. The Kier molecular flexibility index (Phi) is 8.53. The molecule has 3 N–H and O–H groups in total. The van der Waals surface area contributed by atoms with Crippen LogP contribution in [0, 0.1) is 5.41 Å². The summed E-state index contributed by atoms with van der Waals surface area (Å²) in [5.74, 6) is -0.0474. The monoisotopic (exact) mass is 403 g/mol. The predicted molar refractivity (Wildman–Crippen MR) is 106 cm³/mol. The number of rotatable bonds is 8. The fourth-order valence-corrected chi connectivity index (χ4v) is 4.70. The van der Waals surface area contributed by atoms with Crippen molar-refractivity contribution in [2.45, 2.75) is 51.0 Å². The Morgan fingerprint density at radius 2 is 1.69 bits per heavy atom. The highest BCUT2D eigenvalue weighted by Crippen LogP contribution is 2.25. The molecular formula is C18H30ClN3O3S. The zero-order chi connectivity index (χ0) is 18.5. The van der Waals surface area contributed by atoms with Gasteiger partial charge in [0.15, 0.2) is 0 Å². The van der Waals surface area contributed by atoms with Crippen LogP contribution in [-0.4, -0.2) is 38.3 Å². The van der Waals surface area contributed by atoms with Crippen LogP contribution in [0.25, 0.3) is 0 Å². The Morgan fingerprint density at radius 3 is 2.15 bits per heavy atom. The molecule has 1 saturated heterocycles. The second-order valence-electron chi connectivity index (χ2n) is 6.63. The van der Waals surface area contributed by atoms with Gasteiger partial charge in [0.2, 0.25) is 15.9 Å². The summed E-state index contributed by atoms with van der Waals surface area (Å²) in [6.45, 7) is 5.80. The average Bonchev–Trinajstić information content (AvgIpc) is 3.18. The van der Waals surface area contributed by atoms with Crippen molar-refractivity contribution < 1.29 is 13.2 Å². The maximum absolute atomic E-state index is 12.5. The van der Waals surface area contributed by atoms with Crippen molar-refractivity contribution in [1.82, 2.24) is 9.62 Å². The molecule has 1 aliphatic heterocycles. The van der Waals surface area contributed by atoms with Crippen LogP contribution in [0.1, 0.15) is 45.1 Å². The number of sulfonamides is 1. The summed E-state index contributed by atoms with van der Waals surface area (Å²) in [7, 11) is -3.39. The Morgan fingerprint density at radius 1 is 1.15 bits per heavy atom. The molecular weight excluding hydrogens is 374 g/mol. The van der Waals surface area contributed by atoms with Gasteiger partial charge in [0, 0.05) is 26.2 Å². The lowest BCUT2D eigenvalue weighted by molar-refractivity contribution is -0.131. The Bertz CT molecular complexity index is 674. The topological polar surface area (TPSA) is 92.5 Å². The molecule has 0 aromatic heterocycles. The van der Waals surface area contributed by atoms with E-state index in [4.69, 9.17) is 5.73 Å². The molecule has 0 aliphatic carbocycles. The number of benzene rings is 1. The van der Waals surface area contributed by atoms with Gasteiger partial charge in [-0.3, -0.25) is 4.79 Å². The van der Waals surface area contributed by atoms with E-state index in [9.17, 15) is 13.2 Å². The van der Waals surface area contributed by atoms with Crippen molar-refractivity contribution in [3.63, 3.8) is 0 Å². The van der Waals surface area contributed by atoms with Gasteiger partial charge in [-0.1, -0.05) is 26.0 Å². The lowest BCUT2D eigenvalue weighted by Gasteiger charge is -2.28. The van der Waals surface area contributed by atoms with Gasteiger partial charge in [-0.25, -0.2) is 8.42 Å². The van der Waals surface area contributed by atoms with Crippen LogP contribution >= 0.6 is 12.4 Å². The zero-order valence-corrected chi connectivity index (χ0v) is 17.2. The smallest absolute Gasteiger partial charge is 0.243 e. The molecule has 148 valence electrons. The molecule has 1 amide bonds. The number of carbonyl (C=O) groups excluding carboxylic acids is 1. The first kappa shape index (κ1) is 22.9. The summed E-state index contributed by atoms with van der Waals surface area (Å²) in [5, 5.41) is 2.93. The van der Waals surface area contributed by atoms with E-state index in [-0.39, 0.29) is 18.3 Å². The van der Waals surface area contributed by atoms with E-state index in [0.29, 0.717) is 43.9 Å². The minimum atomic E-state index is -3.39. The SMILES string of the molecule is CCC(CC)(CN)C(=O)NCc1ccc(S(=O)(=O)N2CCCC2)cc1.Cl. The first-order chi connectivity index (χ1) is 11.9. The van der Waals surface area contributed by atoms with Crippen LogP contribution in [0.2, 0.25) is 0 Å². The summed E-state index contributed by atoms with van der Waals surface area (Å²) in [4.78, 5) is 12.7. The number of nitrogens with one attached hydrogen (secondary N) is 1. The Labute approximate surface area is 163 Å². The molecule has 0 atom stereocenters. The molecule has 0 unspecified atom stereocenters. The quantitative estimate of drug-likeness (QED) is 0.696.